The van der Waals surface area contributed by atoms with E-state index in [4.69, 9.17) is 23.2 Å². The van der Waals surface area contributed by atoms with Crippen LogP contribution in [0.3, 0.4) is 0 Å². The Morgan fingerprint density at radius 1 is 1.09 bits per heavy atom. The van der Waals surface area contributed by atoms with Crippen molar-refractivity contribution in [3.05, 3.63) is 33.8 Å². The normalized spacial score (nSPS) is 21.0. The summed E-state index contributed by atoms with van der Waals surface area (Å²) in [5, 5.41) is 1.02. The van der Waals surface area contributed by atoms with Gasteiger partial charge in [-0.15, -0.1) is 12.4 Å². The number of benzene rings is 1. The third kappa shape index (κ3) is 5.25. The van der Waals surface area contributed by atoms with Crippen LogP contribution >= 0.6 is 35.6 Å². The minimum absolute atomic E-state index is 0. The van der Waals surface area contributed by atoms with Crippen LogP contribution in [-0.4, -0.2) is 48.9 Å². The van der Waals surface area contributed by atoms with Gasteiger partial charge in [0, 0.05) is 19.1 Å². The smallest absolute Gasteiger partial charge is 0.227 e. The van der Waals surface area contributed by atoms with Crippen molar-refractivity contribution in [2.45, 2.75) is 44.2 Å². The molecule has 130 valence electrons. The maximum absolute atomic E-state index is 12.6. The van der Waals surface area contributed by atoms with E-state index in [2.05, 4.69) is 19.0 Å². The molecular weight excluding hydrogens is 355 g/mol. The van der Waals surface area contributed by atoms with Crippen molar-refractivity contribution in [3.8, 4) is 0 Å². The van der Waals surface area contributed by atoms with Crippen molar-refractivity contribution < 1.29 is 4.79 Å². The number of likely N-dealkylation sites (N-methyl/N-ethyl adjacent to an activating group) is 2. The lowest BCUT2D eigenvalue weighted by Gasteiger charge is -2.41. The second-order valence-corrected chi connectivity index (χ2v) is 7.13. The topological polar surface area (TPSA) is 23.6 Å². The summed E-state index contributed by atoms with van der Waals surface area (Å²) in [4.78, 5) is 16.8. The van der Waals surface area contributed by atoms with Crippen molar-refractivity contribution in [1.29, 1.82) is 0 Å². The van der Waals surface area contributed by atoms with Gasteiger partial charge in [0.2, 0.25) is 5.91 Å². The summed E-state index contributed by atoms with van der Waals surface area (Å²) in [6.07, 6.45) is 5.03. The van der Waals surface area contributed by atoms with Gasteiger partial charge in [0.05, 0.1) is 16.5 Å². The first kappa shape index (κ1) is 20.6. The van der Waals surface area contributed by atoms with E-state index in [9.17, 15) is 4.79 Å². The van der Waals surface area contributed by atoms with Crippen LogP contribution in [0.15, 0.2) is 18.2 Å². The van der Waals surface area contributed by atoms with Crippen LogP contribution in [0, 0.1) is 0 Å². The first-order valence-corrected chi connectivity index (χ1v) is 8.51. The summed E-state index contributed by atoms with van der Waals surface area (Å²) in [6, 6.07) is 6.12. The van der Waals surface area contributed by atoms with Gasteiger partial charge in [0.25, 0.3) is 0 Å². The van der Waals surface area contributed by atoms with E-state index in [1.807, 2.05) is 18.0 Å². The average molecular weight is 380 g/mol. The highest BCUT2D eigenvalue weighted by Gasteiger charge is 2.31. The lowest BCUT2D eigenvalue weighted by atomic mass is 9.88. The van der Waals surface area contributed by atoms with Crippen molar-refractivity contribution in [3.63, 3.8) is 0 Å². The number of halogens is 3. The second kappa shape index (κ2) is 9.12. The molecule has 2 rings (SSSR count). The standard InChI is InChI=1S/C17H24Cl2N2O.ClH/c1-20(2)15-6-4-5-7-16(15)21(3)17(22)11-12-8-9-13(18)14(19)10-12;/h8-10,15-16H,4-7,11H2,1-3H3;1H/t15-,16-;/m0./s1. The van der Waals surface area contributed by atoms with E-state index in [0.717, 1.165) is 18.4 Å². The fourth-order valence-corrected chi connectivity index (χ4v) is 3.60. The fourth-order valence-electron chi connectivity index (χ4n) is 3.28. The molecule has 1 saturated carbocycles. The predicted octanol–water partition coefficient (Wildman–Crippen LogP) is 4.29. The molecule has 1 aliphatic rings. The maximum Gasteiger partial charge on any atom is 0.227 e. The largest absolute Gasteiger partial charge is 0.341 e. The molecule has 1 aromatic rings. The van der Waals surface area contributed by atoms with Gasteiger partial charge in [-0.2, -0.15) is 0 Å². The molecule has 1 aliphatic carbocycles. The first-order chi connectivity index (χ1) is 10.4. The van der Waals surface area contributed by atoms with Crippen LogP contribution in [0.2, 0.25) is 10.0 Å². The highest BCUT2D eigenvalue weighted by Crippen LogP contribution is 2.27. The monoisotopic (exact) mass is 378 g/mol. The molecule has 0 N–H and O–H groups in total. The number of hydrogen-bond donors (Lipinski definition) is 0. The fraction of sp³-hybridized carbons (Fsp3) is 0.588. The molecular formula is C17H25Cl3N2O. The Bertz CT molecular complexity index is 537. The SMILES string of the molecule is CN(C)[C@H]1CCCC[C@@H]1N(C)C(=O)Cc1ccc(Cl)c(Cl)c1.Cl. The molecule has 0 heterocycles. The third-order valence-corrected chi connectivity index (χ3v) is 5.33. The van der Waals surface area contributed by atoms with E-state index in [0.29, 0.717) is 28.5 Å². The summed E-state index contributed by atoms with van der Waals surface area (Å²) in [5.41, 5.74) is 0.906. The molecule has 0 spiro atoms. The van der Waals surface area contributed by atoms with Gasteiger partial charge in [-0.05, 0) is 44.6 Å². The first-order valence-electron chi connectivity index (χ1n) is 7.76. The zero-order valence-electron chi connectivity index (χ0n) is 13.9. The Balaban J connectivity index is 0.00000264. The van der Waals surface area contributed by atoms with Crippen LogP contribution in [-0.2, 0) is 11.2 Å². The van der Waals surface area contributed by atoms with Crippen LogP contribution in [0.1, 0.15) is 31.2 Å². The predicted molar refractivity (Wildman–Crippen MR) is 99.9 cm³/mol. The number of amides is 1. The lowest BCUT2D eigenvalue weighted by molar-refractivity contribution is -0.133. The number of carbonyl (C=O) groups excluding carboxylic acids is 1. The molecule has 1 aromatic carbocycles. The maximum atomic E-state index is 12.6. The number of nitrogens with zero attached hydrogens (tertiary/aromatic N) is 2. The summed E-state index contributed by atoms with van der Waals surface area (Å²) in [7, 11) is 6.12. The molecule has 3 nitrogen and oxygen atoms in total. The molecule has 1 amide bonds. The molecule has 0 saturated heterocycles. The van der Waals surface area contributed by atoms with Gasteiger partial charge < -0.3 is 9.80 Å². The molecule has 0 aromatic heterocycles. The molecule has 0 aliphatic heterocycles. The highest BCUT2D eigenvalue weighted by atomic mass is 35.5. The van der Waals surface area contributed by atoms with E-state index in [1.54, 1.807) is 12.1 Å². The van der Waals surface area contributed by atoms with Crippen molar-refractivity contribution in [2.24, 2.45) is 0 Å². The molecule has 6 heteroatoms. The number of carbonyl (C=O) groups is 1. The zero-order chi connectivity index (χ0) is 16.3. The Morgan fingerprint density at radius 2 is 1.70 bits per heavy atom. The van der Waals surface area contributed by atoms with Crippen molar-refractivity contribution in [1.82, 2.24) is 9.80 Å². The summed E-state index contributed by atoms with van der Waals surface area (Å²) < 4.78 is 0. The molecule has 0 unspecified atom stereocenters. The number of hydrogen-bond acceptors (Lipinski definition) is 2. The van der Waals surface area contributed by atoms with E-state index in [-0.39, 0.29) is 18.3 Å². The Morgan fingerprint density at radius 3 is 2.26 bits per heavy atom. The van der Waals surface area contributed by atoms with E-state index >= 15 is 0 Å². The van der Waals surface area contributed by atoms with Crippen molar-refractivity contribution in [2.75, 3.05) is 21.1 Å². The van der Waals surface area contributed by atoms with E-state index < -0.39 is 0 Å². The summed E-state index contributed by atoms with van der Waals surface area (Å²) in [5.74, 6) is 0.136. The molecule has 23 heavy (non-hydrogen) atoms. The molecule has 2 atom stereocenters. The van der Waals surface area contributed by atoms with Gasteiger partial charge in [-0.3, -0.25) is 4.79 Å². The highest BCUT2D eigenvalue weighted by molar-refractivity contribution is 6.42. The van der Waals surface area contributed by atoms with Crippen LogP contribution in [0.25, 0.3) is 0 Å². The Kier molecular flexibility index (Phi) is 8.15. The van der Waals surface area contributed by atoms with Crippen LogP contribution in [0.4, 0.5) is 0 Å². The molecule has 0 radical (unpaired) electrons. The van der Waals surface area contributed by atoms with Gasteiger partial charge in [0.15, 0.2) is 0 Å². The van der Waals surface area contributed by atoms with Gasteiger partial charge in [-0.1, -0.05) is 42.1 Å². The third-order valence-electron chi connectivity index (χ3n) is 4.59. The molecule has 1 fully saturated rings. The van der Waals surface area contributed by atoms with Gasteiger partial charge in [0.1, 0.15) is 0 Å². The minimum Gasteiger partial charge on any atom is -0.341 e. The lowest BCUT2D eigenvalue weighted by Crippen LogP contribution is -2.52. The Hall–Kier alpha value is -0.480. The van der Waals surface area contributed by atoms with Gasteiger partial charge in [-0.25, -0.2) is 0 Å². The van der Waals surface area contributed by atoms with Crippen LogP contribution < -0.4 is 0 Å². The average Bonchev–Trinajstić information content (AvgIpc) is 2.50. The summed E-state index contributed by atoms with van der Waals surface area (Å²) >= 11 is 11.9. The van der Waals surface area contributed by atoms with Gasteiger partial charge >= 0.3 is 0 Å². The van der Waals surface area contributed by atoms with Crippen molar-refractivity contribution >= 4 is 41.5 Å². The van der Waals surface area contributed by atoms with Crippen LogP contribution in [0.5, 0.6) is 0 Å². The molecule has 0 bridgehead atoms. The second-order valence-electron chi connectivity index (χ2n) is 6.31. The number of rotatable bonds is 4. The Labute approximate surface area is 155 Å². The van der Waals surface area contributed by atoms with E-state index in [1.165, 1.54) is 12.8 Å². The quantitative estimate of drug-likeness (QED) is 0.779. The zero-order valence-corrected chi connectivity index (χ0v) is 16.2. The summed E-state index contributed by atoms with van der Waals surface area (Å²) in [6.45, 7) is 0. The minimum atomic E-state index is 0.